The molecule has 0 aliphatic heterocycles. The summed E-state index contributed by atoms with van der Waals surface area (Å²) < 4.78 is 5.15. The monoisotopic (exact) mass is 256 g/mol. The van der Waals surface area contributed by atoms with Gasteiger partial charge in [0.15, 0.2) is 0 Å². The first-order chi connectivity index (χ1) is 9.11. The van der Waals surface area contributed by atoms with Crippen molar-refractivity contribution in [2.24, 2.45) is 0 Å². The Hall–Kier alpha value is -2.49. The molecule has 0 aliphatic rings. The molecule has 2 rings (SSSR count). The lowest BCUT2D eigenvalue weighted by Gasteiger charge is -2.18. The number of rotatable bonds is 3. The molecular weight excluding hydrogens is 240 g/mol. The van der Waals surface area contributed by atoms with Gasteiger partial charge in [0, 0.05) is 30.1 Å². The second-order valence-corrected chi connectivity index (χ2v) is 4.19. The van der Waals surface area contributed by atoms with Crippen LogP contribution in [0.25, 0.3) is 0 Å². The molecule has 0 radical (unpaired) electrons. The molecule has 0 spiro atoms. The number of carbonyl (C=O) groups excluding carboxylic acids is 1. The summed E-state index contributed by atoms with van der Waals surface area (Å²) in [6.45, 7) is 0. The molecule has 0 bridgehead atoms. The van der Waals surface area contributed by atoms with Crippen LogP contribution in [0.15, 0.2) is 48.5 Å². The Morgan fingerprint density at radius 3 is 2.58 bits per heavy atom. The van der Waals surface area contributed by atoms with Crippen LogP contribution in [-0.4, -0.2) is 20.1 Å². The molecule has 0 aliphatic carbocycles. The Kier molecular flexibility index (Phi) is 3.71. The summed E-state index contributed by atoms with van der Waals surface area (Å²) in [5.41, 5.74) is 7.59. The number of carbonyl (C=O) groups is 1. The molecule has 0 fully saturated rings. The topological polar surface area (TPSA) is 55.6 Å². The molecule has 1 amide bonds. The third-order valence-electron chi connectivity index (χ3n) is 2.88. The maximum atomic E-state index is 12.3. The number of nitrogens with two attached hydrogens (primary N) is 1. The Balaban J connectivity index is 2.28. The summed E-state index contributed by atoms with van der Waals surface area (Å²) in [6.07, 6.45) is 0. The lowest BCUT2D eigenvalue weighted by atomic mass is 10.1. The van der Waals surface area contributed by atoms with Crippen LogP contribution in [0.3, 0.4) is 0 Å². The van der Waals surface area contributed by atoms with E-state index in [0.717, 1.165) is 5.69 Å². The van der Waals surface area contributed by atoms with Gasteiger partial charge in [-0.15, -0.1) is 0 Å². The zero-order valence-electron chi connectivity index (χ0n) is 11.0. The average Bonchev–Trinajstić information content (AvgIpc) is 2.45. The zero-order valence-corrected chi connectivity index (χ0v) is 11.0. The van der Waals surface area contributed by atoms with E-state index < -0.39 is 0 Å². The zero-order chi connectivity index (χ0) is 13.8. The van der Waals surface area contributed by atoms with Crippen LogP contribution in [0, 0.1) is 0 Å². The van der Waals surface area contributed by atoms with E-state index in [1.165, 1.54) is 0 Å². The van der Waals surface area contributed by atoms with Crippen molar-refractivity contribution < 1.29 is 9.53 Å². The first-order valence-corrected chi connectivity index (χ1v) is 5.89. The number of anilines is 2. The van der Waals surface area contributed by atoms with Crippen LogP contribution in [0.2, 0.25) is 0 Å². The molecule has 0 heterocycles. The van der Waals surface area contributed by atoms with Crippen LogP contribution in [-0.2, 0) is 0 Å². The molecule has 4 heteroatoms. The van der Waals surface area contributed by atoms with Crippen molar-refractivity contribution in [1.82, 2.24) is 0 Å². The molecule has 2 aromatic rings. The van der Waals surface area contributed by atoms with E-state index in [2.05, 4.69) is 0 Å². The van der Waals surface area contributed by atoms with E-state index in [0.29, 0.717) is 17.0 Å². The molecule has 0 saturated heterocycles. The Labute approximate surface area is 112 Å². The number of benzene rings is 2. The second-order valence-electron chi connectivity index (χ2n) is 4.19. The summed E-state index contributed by atoms with van der Waals surface area (Å²) >= 11 is 0. The Morgan fingerprint density at radius 2 is 1.89 bits per heavy atom. The van der Waals surface area contributed by atoms with Crippen LogP contribution in [0.5, 0.6) is 5.75 Å². The van der Waals surface area contributed by atoms with Gasteiger partial charge in [-0.2, -0.15) is 0 Å². The summed E-state index contributed by atoms with van der Waals surface area (Å²) in [5, 5.41) is 0. The maximum absolute atomic E-state index is 12.3. The third kappa shape index (κ3) is 2.85. The minimum atomic E-state index is -0.111. The second kappa shape index (κ2) is 5.44. The minimum Gasteiger partial charge on any atom is -0.497 e. The summed E-state index contributed by atoms with van der Waals surface area (Å²) in [5.74, 6) is 0.602. The predicted octanol–water partition coefficient (Wildman–Crippen LogP) is 2.55. The normalized spacial score (nSPS) is 10.0. The number of nitrogens with zero attached hydrogens (tertiary/aromatic N) is 1. The number of hydrogen-bond acceptors (Lipinski definition) is 3. The maximum Gasteiger partial charge on any atom is 0.258 e. The molecule has 2 N–H and O–H groups in total. The van der Waals surface area contributed by atoms with E-state index >= 15 is 0 Å². The highest BCUT2D eigenvalue weighted by Crippen LogP contribution is 2.21. The van der Waals surface area contributed by atoms with Crippen molar-refractivity contribution in [1.29, 1.82) is 0 Å². The minimum absolute atomic E-state index is 0.111. The van der Waals surface area contributed by atoms with E-state index in [1.807, 2.05) is 24.3 Å². The number of methoxy groups -OCH3 is 1. The fourth-order valence-corrected chi connectivity index (χ4v) is 1.80. The summed E-state index contributed by atoms with van der Waals surface area (Å²) in [6, 6.07) is 14.3. The first-order valence-electron chi connectivity index (χ1n) is 5.89. The van der Waals surface area contributed by atoms with Crippen molar-refractivity contribution in [3.8, 4) is 5.75 Å². The predicted molar refractivity (Wildman–Crippen MR) is 76.6 cm³/mol. The SMILES string of the molecule is COc1cccc(N(C)C(=O)c2cccc(N)c2)c1. The number of ether oxygens (including phenoxy) is 1. The lowest BCUT2D eigenvalue weighted by molar-refractivity contribution is 0.0993. The van der Waals surface area contributed by atoms with E-state index in [4.69, 9.17) is 10.5 Å². The van der Waals surface area contributed by atoms with E-state index in [9.17, 15) is 4.79 Å². The van der Waals surface area contributed by atoms with Gasteiger partial charge in [-0.25, -0.2) is 0 Å². The summed E-state index contributed by atoms with van der Waals surface area (Å²) in [4.78, 5) is 13.9. The number of nitrogen functional groups attached to an aromatic ring is 1. The van der Waals surface area contributed by atoms with Gasteiger partial charge >= 0.3 is 0 Å². The fourth-order valence-electron chi connectivity index (χ4n) is 1.80. The van der Waals surface area contributed by atoms with Crippen molar-refractivity contribution in [2.75, 3.05) is 24.8 Å². The largest absolute Gasteiger partial charge is 0.497 e. The van der Waals surface area contributed by atoms with Crippen LogP contribution in [0.1, 0.15) is 10.4 Å². The molecule has 0 atom stereocenters. The first kappa shape index (κ1) is 13.0. The van der Waals surface area contributed by atoms with Crippen molar-refractivity contribution in [3.05, 3.63) is 54.1 Å². The molecule has 98 valence electrons. The van der Waals surface area contributed by atoms with Crippen LogP contribution >= 0.6 is 0 Å². The van der Waals surface area contributed by atoms with Gasteiger partial charge in [0.25, 0.3) is 5.91 Å². The van der Waals surface area contributed by atoms with E-state index in [1.54, 1.807) is 43.3 Å². The fraction of sp³-hybridized carbons (Fsp3) is 0.133. The lowest BCUT2D eigenvalue weighted by Crippen LogP contribution is -2.26. The average molecular weight is 256 g/mol. The standard InChI is InChI=1S/C15H16N2O2/c1-17(13-7-4-8-14(10-13)19-2)15(18)11-5-3-6-12(16)9-11/h3-10H,16H2,1-2H3. The highest BCUT2D eigenvalue weighted by Gasteiger charge is 2.13. The van der Waals surface area contributed by atoms with Gasteiger partial charge in [-0.3, -0.25) is 4.79 Å². The number of amides is 1. The number of hydrogen-bond donors (Lipinski definition) is 1. The van der Waals surface area contributed by atoms with Gasteiger partial charge in [0.1, 0.15) is 5.75 Å². The van der Waals surface area contributed by atoms with Gasteiger partial charge in [0.2, 0.25) is 0 Å². The molecule has 2 aromatic carbocycles. The van der Waals surface area contributed by atoms with Crippen molar-refractivity contribution >= 4 is 17.3 Å². The Bertz CT molecular complexity index is 596. The third-order valence-corrected chi connectivity index (χ3v) is 2.88. The molecule has 0 saturated carbocycles. The van der Waals surface area contributed by atoms with Gasteiger partial charge in [-0.1, -0.05) is 12.1 Å². The van der Waals surface area contributed by atoms with Crippen molar-refractivity contribution in [2.45, 2.75) is 0 Å². The highest BCUT2D eigenvalue weighted by molar-refractivity contribution is 6.06. The quantitative estimate of drug-likeness (QED) is 0.859. The summed E-state index contributed by atoms with van der Waals surface area (Å²) in [7, 11) is 3.32. The molecular formula is C15H16N2O2. The highest BCUT2D eigenvalue weighted by atomic mass is 16.5. The van der Waals surface area contributed by atoms with Crippen molar-refractivity contribution in [3.63, 3.8) is 0 Å². The molecule has 19 heavy (non-hydrogen) atoms. The molecule has 0 aromatic heterocycles. The van der Waals surface area contributed by atoms with Gasteiger partial charge < -0.3 is 15.4 Å². The van der Waals surface area contributed by atoms with Crippen LogP contribution < -0.4 is 15.4 Å². The van der Waals surface area contributed by atoms with E-state index in [-0.39, 0.29) is 5.91 Å². The van der Waals surface area contributed by atoms with Gasteiger partial charge in [-0.05, 0) is 30.3 Å². The Morgan fingerprint density at radius 1 is 1.16 bits per heavy atom. The van der Waals surface area contributed by atoms with Crippen LogP contribution in [0.4, 0.5) is 11.4 Å². The van der Waals surface area contributed by atoms with Gasteiger partial charge in [0.05, 0.1) is 7.11 Å². The smallest absolute Gasteiger partial charge is 0.258 e. The molecule has 0 unspecified atom stereocenters. The molecule has 4 nitrogen and oxygen atoms in total.